The average Bonchev–Trinajstić information content (AvgIpc) is 2.50. The molecule has 1 nitrogen and oxygen atoms in total. The summed E-state index contributed by atoms with van der Waals surface area (Å²) in [6.07, 6.45) is 6.19. The fourth-order valence-electron chi connectivity index (χ4n) is 1.93. The highest BCUT2D eigenvalue weighted by Gasteiger charge is 2.06. The number of hydrogen-bond donors (Lipinski definition) is 0. The van der Waals surface area contributed by atoms with E-state index in [2.05, 4.69) is 45.0 Å². The van der Waals surface area contributed by atoms with Gasteiger partial charge in [0.05, 0.1) is 6.61 Å². The van der Waals surface area contributed by atoms with Crippen LogP contribution in [-0.4, -0.2) is 6.61 Å². The number of hydrogen-bond acceptors (Lipinski definition) is 1. The molecular weight excluding hydrogens is 232 g/mol. The molecule has 0 N–H and O–H groups in total. The minimum absolute atomic E-state index is 0.709. The molecule has 0 fully saturated rings. The maximum Gasteiger partial charge on any atom is 0.119 e. The number of rotatable bonds is 8. The summed E-state index contributed by atoms with van der Waals surface area (Å²) in [6.45, 7) is 11.5. The maximum atomic E-state index is 5.86. The van der Waals surface area contributed by atoms with Crippen molar-refractivity contribution in [2.45, 2.75) is 66.7 Å². The van der Waals surface area contributed by atoms with E-state index >= 15 is 0 Å². The number of benzene rings is 1. The Kier molecular flexibility index (Phi) is 11.5. The van der Waals surface area contributed by atoms with Crippen LogP contribution in [0.15, 0.2) is 24.3 Å². The number of unbranched alkanes of at least 4 members (excludes halogenated alkanes) is 1. The molecule has 0 aliphatic carbocycles. The van der Waals surface area contributed by atoms with Gasteiger partial charge in [0.2, 0.25) is 0 Å². The van der Waals surface area contributed by atoms with Crippen LogP contribution in [0.25, 0.3) is 0 Å². The van der Waals surface area contributed by atoms with Crippen LogP contribution in [0.4, 0.5) is 0 Å². The minimum atomic E-state index is 0.709. The van der Waals surface area contributed by atoms with Gasteiger partial charge in [-0.05, 0) is 36.5 Å². The highest BCUT2D eigenvalue weighted by Crippen LogP contribution is 2.17. The van der Waals surface area contributed by atoms with Crippen molar-refractivity contribution < 1.29 is 4.74 Å². The molecule has 0 aliphatic rings. The summed E-state index contributed by atoms with van der Waals surface area (Å²) in [5.74, 6) is 1.72. The van der Waals surface area contributed by atoms with Crippen molar-refractivity contribution in [1.82, 2.24) is 0 Å². The first-order valence-electron chi connectivity index (χ1n) is 8.01. The zero-order valence-corrected chi connectivity index (χ0v) is 13.5. The Morgan fingerprint density at radius 3 is 2.11 bits per heavy atom. The lowest BCUT2D eigenvalue weighted by Gasteiger charge is -2.15. The summed E-state index contributed by atoms with van der Waals surface area (Å²) in [5.41, 5.74) is 1.37. The van der Waals surface area contributed by atoms with E-state index in [1.54, 1.807) is 0 Å². The fraction of sp³-hybridized carbons (Fsp3) is 0.667. The van der Waals surface area contributed by atoms with Crippen LogP contribution in [0.5, 0.6) is 5.75 Å². The summed E-state index contributed by atoms with van der Waals surface area (Å²) in [4.78, 5) is 0. The Bertz CT molecular complexity index is 289. The van der Waals surface area contributed by atoms with E-state index < -0.39 is 0 Å². The molecule has 0 aromatic heterocycles. The van der Waals surface area contributed by atoms with E-state index in [0.29, 0.717) is 5.92 Å². The smallest absolute Gasteiger partial charge is 0.119 e. The van der Waals surface area contributed by atoms with Gasteiger partial charge in [0.1, 0.15) is 5.75 Å². The Morgan fingerprint density at radius 2 is 1.63 bits per heavy atom. The van der Waals surface area contributed by atoms with Crippen LogP contribution in [0.3, 0.4) is 0 Å². The van der Waals surface area contributed by atoms with Crippen molar-refractivity contribution in [3.8, 4) is 5.75 Å². The average molecular weight is 264 g/mol. The lowest BCUT2D eigenvalue weighted by Crippen LogP contribution is -2.11. The van der Waals surface area contributed by atoms with E-state index in [4.69, 9.17) is 4.74 Å². The highest BCUT2D eigenvalue weighted by molar-refractivity contribution is 5.27. The first-order valence-corrected chi connectivity index (χ1v) is 8.01. The Hall–Kier alpha value is -0.980. The molecule has 0 saturated heterocycles. The number of ether oxygens (including phenoxy) is 1. The third kappa shape index (κ3) is 7.92. The molecule has 19 heavy (non-hydrogen) atoms. The molecule has 0 radical (unpaired) electrons. The molecule has 0 amide bonds. The van der Waals surface area contributed by atoms with Crippen molar-refractivity contribution in [3.63, 3.8) is 0 Å². The van der Waals surface area contributed by atoms with Gasteiger partial charge in [-0.2, -0.15) is 0 Å². The summed E-state index contributed by atoms with van der Waals surface area (Å²) in [7, 11) is 0. The molecule has 1 rings (SSSR count). The fourth-order valence-corrected chi connectivity index (χ4v) is 1.93. The van der Waals surface area contributed by atoms with Crippen LogP contribution < -0.4 is 4.74 Å². The monoisotopic (exact) mass is 264 g/mol. The normalized spacial score (nSPS) is 11.4. The standard InChI is InChI=1S/C16H26O.C2H6/c1-4-7-8-15(6-3)13-17-16-11-9-14(5-2)10-12-16;1-2/h9-12,15H,4-8,13H2,1-3H3;1-2H3. The molecule has 1 aromatic rings. The maximum absolute atomic E-state index is 5.86. The van der Waals surface area contributed by atoms with Gasteiger partial charge in [0.15, 0.2) is 0 Å². The molecule has 0 saturated carbocycles. The van der Waals surface area contributed by atoms with Gasteiger partial charge in [-0.15, -0.1) is 0 Å². The third-order valence-electron chi connectivity index (χ3n) is 3.36. The molecule has 1 heteroatoms. The SMILES string of the molecule is CC.CCCCC(CC)COc1ccc(CC)cc1. The van der Waals surface area contributed by atoms with Gasteiger partial charge in [-0.1, -0.05) is 66.0 Å². The summed E-state index contributed by atoms with van der Waals surface area (Å²) < 4.78 is 5.86. The first kappa shape index (κ1) is 18.0. The topological polar surface area (TPSA) is 9.23 Å². The van der Waals surface area contributed by atoms with Gasteiger partial charge < -0.3 is 4.74 Å². The zero-order valence-electron chi connectivity index (χ0n) is 13.5. The van der Waals surface area contributed by atoms with E-state index in [-0.39, 0.29) is 0 Å². The van der Waals surface area contributed by atoms with E-state index in [0.717, 1.165) is 18.8 Å². The predicted molar refractivity (Wildman–Crippen MR) is 86.0 cm³/mol. The van der Waals surface area contributed by atoms with Gasteiger partial charge in [0, 0.05) is 0 Å². The Morgan fingerprint density at radius 1 is 1.00 bits per heavy atom. The Balaban J connectivity index is 0.00000154. The molecule has 1 atom stereocenters. The van der Waals surface area contributed by atoms with E-state index in [9.17, 15) is 0 Å². The molecule has 110 valence electrons. The second-order valence-electron chi connectivity index (χ2n) is 4.73. The van der Waals surface area contributed by atoms with Gasteiger partial charge in [-0.25, -0.2) is 0 Å². The van der Waals surface area contributed by atoms with Gasteiger partial charge >= 0.3 is 0 Å². The second-order valence-corrected chi connectivity index (χ2v) is 4.73. The lowest BCUT2D eigenvalue weighted by molar-refractivity contribution is 0.233. The van der Waals surface area contributed by atoms with Crippen LogP contribution in [0.1, 0.15) is 65.9 Å². The summed E-state index contributed by atoms with van der Waals surface area (Å²) in [5, 5.41) is 0. The molecule has 0 aliphatic heterocycles. The molecule has 0 heterocycles. The van der Waals surface area contributed by atoms with E-state index in [1.165, 1.54) is 31.2 Å². The second kappa shape index (κ2) is 12.1. The van der Waals surface area contributed by atoms with Crippen molar-refractivity contribution >= 4 is 0 Å². The molecule has 0 spiro atoms. The van der Waals surface area contributed by atoms with Crippen LogP contribution in [0, 0.1) is 5.92 Å². The minimum Gasteiger partial charge on any atom is -0.493 e. The van der Waals surface area contributed by atoms with Crippen molar-refractivity contribution in [3.05, 3.63) is 29.8 Å². The molecule has 1 unspecified atom stereocenters. The third-order valence-corrected chi connectivity index (χ3v) is 3.36. The number of aryl methyl sites for hydroxylation is 1. The van der Waals surface area contributed by atoms with E-state index in [1.807, 2.05) is 13.8 Å². The summed E-state index contributed by atoms with van der Waals surface area (Å²) >= 11 is 0. The molecule has 1 aromatic carbocycles. The van der Waals surface area contributed by atoms with Crippen LogP contribution >= 0.6 is 0 Å². The van der Waals surface area contributed by atoms with Crippen LogP contribution in [0.2, 0.25) is 0 Å². The largest absolute Gasteiger partial charge is 0.493 e. The molecule has 0 bridgehead atoms. The quantitative estimate of drug-likeness (QED) is 0.570. The Labute approximate surface area is 120 Å². The summed E-state index contributed by atoms with van der Waals surface area (Å²) in [6, 6.07) is 8.49. The predicted octanol–water partition coefficient (Wildman–Crippen LogP) is 5.87. The van der Waals surface area contributed by atoms with Gasteiger partial charge in [0.25, 0.3) is 0 Å². The zero-order chi connectivity index (χ0) is 14.5. The van der Waals surface area contributed by atoms with Crippen molar-refractivity contribution in [2.75, 3.05) is 6.61 Å². The van der Waals surface area contributed by atoms with Gasteiger partial charge in [-0.3, -0.25) is 0 Å². The highest BCUT2D eigenvalue weighted by atomic mass is 16.5. The van der Waals surface area contributed by atoms with Crippen LogP contribution in [-0.2, 0) is 6.42 Å². The lowest BCUT2D eigenvalue weighted by atomic mass is 10.0. The van der Waals surface area contributed by atoms with Crippen molar-refractivity contribution in [2.24, 2.45) is 5.92 Å². The van der Waals surface area contributed by atoms with Crippen molar-refractivity contribution in [1.29, 1.82) is 0 Å². The first-order chi connectivity index (χ1) is 9.30. The molecular formula is C18H32O.